The Labute approximate surface area is 110 Å². The fourth-order valence-electron chi connectivity index (χ4n) is 2.99. The molecule has 4 heteroatoms. The van der Waals surface area contributed by atoms with Crippen LogP contribution >= 0.6 is 0 Å². The molecule has 0 bridgehead atoms. The van der Waals surface area contributed by atoms with Crippen LogP contribution in [0.15, 0.2) is 12.4 Å². The molecule has 1 aromatic heterocycles. The van der Waals surface area contributed by atoms with Gasteiger partial charge in [0.1, 0.15) is 0 Å². The molecule has 1 aliphatic carbocycles. The molecule has 0 aliphatic heterocycles. The lowest BCUT2D eigenvalue weighted by molar-refractivity contribution is -0.0442. The highest BCUT2D eigenvalue weighted by molar-refractivity contribution is 5.16. The molecular formula is C14H25N3O. The summed E-state index contributed by atoms with van der Waals surface area (Å²) in [6.45, 7) is 2.97. The van der Waals surface area contributed by atoms with Gasteiger partial charge in [0, 0.05) is 25.4 Å². The first-order valence-electron chi connectivity index (χ1n) is 7.05. The third-order valence-corrected chi connectivity index (χ3v) is 4.26. The lowest BCUT2D eigenvalue weighted by Gasteiger charge is -2.36. The maximum atomic E-state index is 6.47. The molecule has 1 aliphatic rings. The Hall–Kier alpha value is -0.870. The molecule has 0 amide bonds. The molecule has 0 aromatic carbocycles. The Bertz CT molecular complexity index is 367. The minimum atomic E-state index is -0.196. The normalized spacial score (nSPS) is 21.5. The van der Waals surface area contributed by atoms with Crippen molar-refractivity contribution in [2.75, 3.05) is 7.11 Å². The van der Waals surface area contributed by atoms with E-state index in [0.717, 1.165) is 24.9 Å². The van der Waals surface area contributed by atoms with E-state index >= 15 is 0 Å². The second kappa shape index (κ2) is 5.85. The van der Waals surface area contributed by atoms with Crippen molar-refractivity contribution in [2.45, 2.75) is 63.6 Å². The van der Waals surface area contributed by atoms with Gasteiger partial charge in [0.05, 0.1) is 17.8 Å². The zero-order valence-electron chi connectivity index (χ0n) is 11.6. The summed E-state index contributed by atoms with van der Waals surface area (Å²) in [5, 5.41) is 4.32. The van der Waals surface area contributed by atoms with Crippen LogP contribution in [0.2, 0.25) is 0 Å². The highest BCUT2D eigenvalue weighted by Crippen LogP contribution is 2.38. The molecule has 2 rings (SSSR count). The van der Waals surface area contributed by atoms with Gasteiger partial charge >= 0.3 is 0 Å². The molecule has 0 radical (unpaired) electrons. The molecule has 1 heterocycles. The third kappa shape index (κ3) is 2.59. The van der Waals surface area contributed by atoms with Gasteiger partial charge in [-0.1, -0.05) is 25.7 Å². The van der Waals surface area contributed by atoms with Crippen LogP contribution in [0.3, 0.4) is 0 Å². The number of nitrogens with zero attached hydrogens (tertiary/aromatic N) is 2. The minimum Gasteiger partial charge on any atom is -0.376 e. The summed E-state index contributed by atoms with van der Waals surface area (Å²) in [6.07, 6.45) is 11.1. The van der Waals surface area contributed by atoms with E-state index in [1.165, 1.54) is 25.7 Å². The minimum absolute atomic E-state index is 0.0686. The molecule has 0 saturated heterocycles. The SMILES string of the molecule is CCn1cc(C(N)C2(OC)CCCCCC2)cn1. The fourth-order valence-corrected chi connectivity index (χ4v) is 2.99. The molecule has 18 heavy (non-hydrogen) atoms. The Morgan fingerprint density at radius 1 is 1.39 bits per heavy atom. The Morgan fingerprint density at radius 2 is 2.06 bits per heavy atom. The van der Waals surface area contributed by atoms with Crippen molar-refractivity contribution in [2.24, 2.45) is 5.73 Å². The zero-order chi connectivity index (χ0) is 13.0. The highest BCUT2D eigenvalue weighted by Gasteiger charge is 2.38. The second-order valence-electron chi connectivity index (χ2n) is 5.29. The van der Waals surface area contributed by atoms with Crippen LogP contribution in [-0.4, -0.2) is 22.5 Å². The smallest absolute Gasteiger partial charge is 0.0871 e. The predicted octanol–water partition coefficient (Wildman–Crippen LogP) is 2.64. The summed E-state index contributed by atoms with van der Waals surface area (Å²) in [5.41, 5.74) is 7.38. The molecule has 2 N–H and O–H groups in total. The van der Waals surface area contributed by atoms with Gasteiger partial charge < -0.3 is 10.5 Å². The van der Waals surface area contributed by atoms with E-state index in [-0.39, 0.29) is 11.6 Å². The number of aromatic nitrogens is 2. The Balaban J connectivity index is 2.19. The zero-order valence-corrected chi connectivity index (χ0v) is 11.6. The average Bonchev–Trinajstić information content (AvgIpc) is 2.75. The van der Waals surface area contributed by atoms with Crippen LogP contribution < -0.4 is 5.73 Å². The maximum absolute atomic E-state index is 6.47. The monoisotopic (exact) mass is 251 g/mol. The molecule has 4 nitrogen and oxygen atoms in total. The molecule has 1 atom stereocenters. The van der Waals surface area contributed by atoms with E-state index < -0.39 is 0 Å². The summed E-state index contributed by atoms with van der Waals surface area (Å²) in [6, 6.07) is -0.0686. The van der Waals surface area contributed by atoms with Crippen molar-refractivity contribution in [1.82, 2.24) is 9.78 Å². The van der Waals surface area contributed by atoms with Crippen LogP contribution in [0.1, 0.15) is 57.1 Å². The van der Waals surface area contributed by atoms with Gasteiger partial charge in [-0.2, -0.15) is 5.10 Å². The number of nitrogens with two attached hydrogens (primary N) is 1. The molecule has 1 saturated carbocycles. The van der Waals surface area contributed by atoms with Crippen molar-refractivity contribution in [3.8, 4) is 0 Å². The highest BCUT2D eigenvalue weighted by atomic mass is 16.5. The Kier molecular flexibility index (Phi) is 4.40. The van der Waals surface area contributed by atoms with Gasteiger partial charge in [-0.15, -0.1) is 0 Å². The number of rotatable bonds is 4. The van der Waals surface area contributed by atoms with Crippen molar-refractivity contribution < 1.29 is 4.74 Å². The maximum Gasteiger partial charge on any atom is 0.0871 e. The van der Waals surface area contributed by atoms with E-state index in [2.05, 4.69) is 18.2 Å². The lowest BCUT2D eigenvalue weighted by atomic mass is 9.84. The largest absolute Gasteiger partial charge is 0.376 e. The van der Waals surface area contributed by atoms with Gasteiger partial charge in [0.15, 0.2) is 0 Å². The number of methoxy groups -OCH3 is 1. The predicted molar refractivity (Wildman–Crippen MR) is 72.3 cm³/mol. The van der Waals surface area contributed by atoms with Crippen LogP contribution in [0, 0.1) is 0 Å². The van der Waals surface area contributed by atoms with Crippen molar-refractivity contribution >= 4 is 0 Å². The summed E-state index contributed by atoms with van der Waals surface area (Å²) in [7, 11) is 1.80. The van der Waals surface area contributed by atoms with Crippen molar-refractivity contribution in [1.29, 1.82) is 0 Å². The molecule has 1 unspecified atom stereocenters. The third-order valence-electron chi connectivity index (χ3n) is 4.26. The average molecular weight is 251 g/mol. The quantitative estimate of drug-likeness (QED) is 0.837. The molecule has 1 fully saturated rings. The van der Waals surface area contributed by atoms with Crippen molar-refractivity contribution in [3.05, 3.63) is 18.0 Å². The van der Waals surface area contributed by atoms with E-state index in [9.17, 15) is 0 Å². The van der Waals surface area contributed by atoms with Gasteiger partial charge in [-0.3, -0.25) is 4.68 Å². The molecule has 102 valence electrons. The number of ether oxygens (including phenoxy) is 1. The lowest BCUT2D eigenvalue weighted by Crippen LogP contribution is -2.42. The first-order valence-corrected chi connectivity index (χ1v) is 7.05. The van der Waals surface area contributed by atoms with Gasteiger partial charge in [0.25, 0.3) is 0 Å². The summed E-state index contributed by atoms with van der Waals surface area (Å²) >= 11 is 0. The standard InChI is InChI=1S/C14H25N3O/c1-3-17-11-12(10-16-17)13(15)14(18-2)8-6-4-5-7-9-14/h10-11,13H,3-9,15H2,1-2H3. The Morgan fingerprint density at radius 3 is 2.56 bits per heavy atom. The first-order chi connectivity index (χ1) is 8.72. The summed E-state index contributed by atoms with van der Waals surface area (Å²) in [5.74, 6) is 0. The topological polar surface area (TPSA) is 53.1 Å². The number of hydrogen-bond donors (Lipinski definition) is 1. The van der Waals surface area contributed by atoms with Crippen LogP contribution in [0.5, 0.6) is 0 Å². The summed E-state index contributed by atoms with van der Waals surface area (Å²) < 4.78 is 7.78. The molecular weight excluding hydrogens is 226 g/mol. The van der Waals surface area contributed by atoms with Crippen LogP contribution in [-0.2, 0) is 11.3 Å². The van der Waals surface area contributed by atoms with Crippen LogP contribution in [0.4, 0.5) is 0 Å². The van der Waals surface area contributed by atoms with Crippen LogP contribution in [0.25, 0.3) is 0 Å². The van der Waals surface area contributed by atoms with Crippen molar-refractivity contribution in [3.63, 3.8) is 0 Å². The fraction of sp³-hybridized carbons (Fsp3) is 0.786. The molecule has 1 aromatic rings. The van der Waals surface area contributed by atoms with E-state index in [4.69, 9.17) is 10.5 Å². The first kappa shape index (κ1) is 13.6. The van der Waals surface area contributed by atoms with E-state index in [1.807, 2.05) is 10.9 Å². The van der Waals surface area contributed by atoms with E-state index in [1.54, 1.807) is 7.11 Å². The van der Waals surface area contributed by atoms with E-state index in [0.29, 0.717) is 0 Å². The van der Waals surface area contributed by atoms with Gasteiger partial charge in [-0.25, -0.2) is 0 Å². The second-order valence-corrected chi connectivity index (χ2v) is 5.29. The molecule has 0 spiro atoms. The van der Waals surface area contributed by atoms with Gasteiger partial charge in [0.2, 0.25) is 0 Å². The summed E-state index contributed by atoms with van der Waals surface area (Å²) in [4.78, 5) is 0. The van der Waals surface area contributed by atoms with Gasteiger partial charge in [-0.05, 0) is 19.8 Å². The number of hydrogen-bond acceptors (Lipinski definition) is 3. The number of aryl methyl sites for hydroxylation is 1.